The Balaban J connectivity index is 2.54. The molecule has 3 N–H and O–H groups in total. The highest BCUT2D eigenvalue weighted by Gasteiger charge is 2.38. The Morgan fingerprint density at radius 1 is 1.35 bits per heavy atom. The van der Waals surface area contributed by atoms with Crippen LogP contribution in [0.25, 0.3) is 0 Å². The Morgan fingerprint density at radius 3 is 2.53 bits per heavy atom. The largest absolute Gasteiger partial charge is 0.481 e. The van der Waals surface area contributed by atoms with E-state index in [1.54, 1.807) is 0 Å². The molecular formula is C12H21NO4. The summed E-state index contributed by atoms with van der Waals surface area (Å²) in [5, 5.41) is 20.7. The third-order valence-corrected chi connectivity index (χ3v) is 3.49. The number of aliphatic carboxylic acids is 1. The van der Waals surface area contributed by atoms with Gasteiger partial charge in [-0.05, 0) is 25.7 Å². The van der Waals surface area contributed by atoms with E-state index < -0.39 is 17.8 Å². The Morgan fingerprint density at radius 2 is 2.00 bits per heavy atom. The SMILES string of the molecule is CCC(CCO)NC(=O)[C@@H]1CCC[C@@H]1C(=O)O. The van der Waals surface area contributed by atoms with Gasteiger partial charge in [-0.2, -0.15) is 0 Å². The van der Waals surface area contributed by atoms with E-state index in [2.05, 4.69) is 5.32 Å². The molecule has 0 radical (unpaired) electrons. The minimum absolute atomic E-state index is 0.0335. The Labute approximate surface area is 101 Å². The van der Waals surface area contributed by atoms with Crippen molar-refractivity contribution in [3.05, 3.63) is 0 Å². The zero-order valence-electron chi connectivity index (χ0n) is 10.2. The normalized spacial score (nSPS) is 25.5. The van der Waals surface area contributed by atoms with Crippen LogP contribution in [0.1, 0.15) is 39.0 Å². The molecule has 1 amide bonds. The second kappa shape index (κ2) is 6.59. The van der Waals surface area contributed by atoms with Crippen LogP contribution in [0.4, 0.5) is 0 Å². The summed E-state index contributed by atoms with van der Waals surface area (Å²) in [4.78, 5) is 22.9. The molecule has 0 aliphatic heterocycles. The zero-order chi connectivity index (χ0) is 12.8. The fraction of sp³-hybridized carbons (Fsp3) is 0.833. The number of hydrogen-bond donors (Lipinski definition) is 3. The smallest absolute Gasteiger partial charge is 0.307 e. The monoisotopic (exact) mass is 243 g/mol. The first-order valence-corrected chi connectivity index (χ1v) is 6.24. The minimum Gasteiger partial charge on any atom is -0.481 e. The second-order valence-electron chi connectivity index (χ2n) is 4.61. The van der Waals surface area contributed by atoms with Crippen LogP contribution in [0.3, 0.4) is 0 Å². The number of carbonyl (C=O) groups is 2. The molecule has 0 aromatic heterocycles. The van der Waals surface area contributed by atoms with Crippen molar-refractivity contribution in [3.63, 3.8) is 0 Å². The van der Waals surface area contributed by atoms with Crippen molar-refractivity contribution in [1.29, 1.82) is 0 Å². The Kier molecular flexibility index (Phi) is 5.41. The summed E-state index contributed by atoms with van der Waals surface area (Å²) >= 11 is 0. The zero-order valence-corrected chi connectivity index (χ0v) is 10.2. The highest BCUT2D eigenvalue weighted by Crippen LogP contribution is 2.32. The van der Waals surface area contributed by atoms with Gasteiger partial charge in [-0.15, -0.1) is 0 Å². The lowest BCUT2D eigenvalue weighted by molar-refractivity contribution is -0.146. The number of carboxylic acids is 1. The molecule has 1 saturated carbocycles. The average molecular weight is 243 g/mol. The van der Waals surface area contributed by atoms with Gasteiger partial charge in [0, 0.05) is 12.6 Å². The molecule has 3 atom stereocenters. The number of rotatable bonds is 6. The molecule has 0 aromatic rings. The summed E-state index contributed by atoms with van der Waals surface area (Å²) in [6.07, 6.45) is 3.30. The van der Waals surface area contributed by atoms with E-state index in [0.29, 0.717) is 19.3 Å². The summed E-state index contributed by atoms with van der Waals surface area (Å²) < 4.78 is 0. The van der Waals surface area contributed by atoms with E-state index >= 15 is 0 Å². The number of amides is 1. The summed E-state index contributed by atoms with van der Waals surface area (Å²) in [5.74, 6) is -1.99. The standard InChI is InChI=1S/C12H21NO4/c1-2-8(6-7-14)13-11(15)9-4-3-5-10(9)12(16)17/h8-10,14H,2-7H2,1H3,(H,13,15)(H,16,17)/t8?,9-,10+/m1/s1. The maximum atomic E-state index is 11.9. The molecule has 1 aliphatic carbocycles. The van der Waals surface area contributed by atoms with Crippen LogP contribution >= 0.6 is 0 Å². The molecule has 1 aliphatic rings. The number of carboxylic acid groups (broad SMARTS) is 1. The molecule has 98 valence electrons. The first kappa shape index (κ1) is 14.0. The molecule has 0 heterocycles. The predicted molar refractivity (Wildman–Crippen MR) is 62.4 cm³/mol. The van der Waals surface area contributed by atoms with Gasteiger partial charge in [0.1, 0.15) is 0 Å². The molecule has 0 bridgehead atoms. The molecule has 1 unspecified atom stereocenters. The van der Waals surface area contributed by atoms with E-state index in [1.165, 1.54) is 0 Å². The first-order chi connectivity index (χ1) is 8.10. The van der Waals surface area contributed by atoms with Crippen molar-refractivity contribution in [2.45, 2.75) is 45.1 Å². The third-order valence-electron chi connectivity index (χ3n) is 3.49. The van der Waals surface area contributed by atoms with Gasteiger partial charge in [-0.25, -0.2) is 0 Å². The highest BCUT2D eigenvalue weighted by molar-refractivity contribution is 5.85. The van der Waals surface area contributed by atoms with Gasteiger partial charge in [0.15, 0.2) is 0 Å². The average Bonchev–Trinajstić information content (AvgIpc) is 2.77. The van der Waals surface area contributed by atoms with Gasteiger partial charge in [-0.3, -0.25) is 9.59 Å². The molecule has 1 fully saturated rings. The summed E-state index contributed by atoms with van der Waals surface area (Å²) in [5.41, 5.74) is 0. The van der Waals surface area contributed by atoms with Crippen molar-refractivity contribution < 1.29 is 19.8 Å². The van der Waals surface area contributed by atoms with Crippen LogP contribution in [0.15, 0.2) is 0 Å². The van der Waals surface area contributed by atoms with Crippen LogP contribution in [0.5, 0.6) is 0 Å². The predicted octanol–water partition coefficient (Wildman–Crippen LogP) is 0.764. The molecule has 1 rings (SSSR count). The van der Waals surface area contributed by atoms with Gasteiger partial charge < -0.3 is 15.5 Å². The number of aliphatic hydroxyl groups excluding tert-OH is 1. The van der Waals surface area contributed by atoms with E-state index in [9.17, 15) is 9.59 Å². The first-order valence-electron chi connectivity index (χ1n) is 6.24. The van der Waals surface area contributed by atoms with Crippen molar-refractivity contribution in [3.8, 4) is 0 Å². The van der Waals surface area contributed by atoms with Gasteiger partial charge in [0.2, 0.25) is 5.91 Å². The molecule has 5 nitrogen and oxygen atoms in total. The van der Waals surface area contributed by atoms with Crippen LogP contribution in [0, 0.1) is 11.8 Å². The molecule has 17 heavy (non-hydrogen) atoms. The molecule has 0 spiro atoms. The van der Waals surface area contributed by atoms with E-state index in [4.69, 9.17) is 10.2 Å². The lowest BCUT2D eigenvalue weighted by atomic mass is 9.95. The molecule has 0 aromatic carbocycles. The number of carbonyl (C=O) groups excluding carboxylic acids is 1. The van der Waals surface area contributed by atoms with E-state index in [-0.39, 0.29) is 18.6 Å². The van der Waals surface area contributed by atoms with Crippen molar-refractivity contribution >= 4 is 11.9 Å². The van der Waals surface area contributed by atoms with Crippen LogP contribution in [-0.2, 0) is 9.59 Å². The number of nitrogens with one attached hydrogen (secondary N) is 1. The fourth-order valence-corrected chi connectivity index (χ4v) is 2.41. The third kappa shape index (κ3) is 3.70. The molecular weight excluding hydrogens is 222 g/mol. The molecule has 0 saturated heterocycles. The lowest BCUT2D eigenvalue weighted by Gasteiger charge is -2.20. The van der Waals surface area contributed by atoms with Crippen molar-refractivity contribution in [2.24, 2.45) is 11.8 Å². The highest BCUT2D eigenvalue weighted by atomic mass is 16.4. The van der Waals surface area contributed by atoms with Gasteiger partial charge in [0.25, 0.3) is 0 Å². The number of aliphatic hydroxyl groups is 1. The van der Waals surface area contributed by atoms with E-state index in [0.717, 1.165) is 12.8 Å². The number of hydrogen-bond acceptors (Lipinski definition) is 3. The van der Waals surface area contributed by atoms with Gasteiger partial charge in [0.05, 0.1) is 11.8 Å². The maximum absolute atomic E-state index is 11.9. The van der Waals surface area contributed by atoms with Gasteiger partial charge >= 0.3 is 5.97 Å². The van der Waals surface area contributed by atoms with Crippen LogP contribution in [-0.4, -0.2) is 34.7 Å². The van der Waals surface area contributed by atoms with Crippen LogP contribution in [0.2, 0.25) is 0 Å². The van der Waals surface area contributed by atoms with Gasteiger partial charge in [-0.1, -0.05) is 13.3 Å². The second-order valence-corrected chi connectivity index (χ2v) is 4.61. The van der Waals surface area contributed by atoms with Crippen LogP contribution < -0.4 is 5.32 Å². The Bertz CT molecular complexity index is 280. The van der Waals surface area contributed by atoms with Crippen molar-refractivity contribution in [2.75, 3.05) is 6.61 Å². The molecule has 5 heteroatoms. The fourth-order valence-electron chi connectivity index (χ4n) is 2.41. The van der Waals surface area contributed by atoms with Crippen molar-refractivity contribution in [1.82, 2.24) is 5.32 Å². The summed E-state index contributed by atoms with van der Waals surface area (Å²) in [6.45, 7) is 1.97. The van der Waals surface area contributed by atoms with E-state index in [1.807, 2.05) is 6.92 Å². The maximum Gasteiger partial charge on any atom is 0.307 e. The summed E-state index contributed by atoms with van der Waals surface area (Å²) in [7, 11) is 0. The quantitative estimate of drug-likeness (QED) is 0.643. The lowest BCUT2D eigenvalue weighted by Crippen LogP contribution is -2.41. The summed E-state index contributed by atoms with van der Waals surface area (Å²) in [6, 6.07) is -0.0532. The Hall–Kier alpha value is -1.10. The topological polar surface area (TPSA) is 86.6 Å². The minimum atomic E-state index is -0.877.